The summed E-state index contributed by atoms with van der Waals surface area (Å²) >= 11 is 0. The van der Waals surface area contributed by atoms with Gasteiger partial charge in [0, 0.05) is 0 Å². The molecule has 0 aliphatic carbocycles. The predicted molar refractivity (Wildman–Crippen MR) is 173 cm³/mol. The van der Waals surface area contributed by atoms with Crippen LogP contribution in [0.25, 0.3) is 76.5 Å². The van der Waals surface area contributed by atoms with Gasteiger partial charge in [0.2, 0.25) is 0 Å². The Morgan fingerprint density at radius 1 is 0.225 bits per heavy atom. The Balaban J connectivity index is 1.33. The Labute approximate surface area is 233 Å². The third-order valence-corrected chi connectivity index (χ3v) is 8.20. The van der Waals surface area contributed by atoms with Gasteiger partial charge in [0.25, 0.3) is 0 Å². The van der Waals surface area contributed by atoms with E-state index in [-0.39, 0.29) is 0 Å². The minimum Gasteiger partial charge on any atom is -0.0616 e. The summed E-state index contributed by atoms with van der Waals surface area (Å²) in [6.07, 6.45) is 0. The molecule has 0 unspecified atom stereocenters. The molecule has 0 atom stereocenters. The molecule has 0 nitrogen and oxygen atoms in total. The minimum absolute atomic E-state index is 1.23. The fraction of sp³-hybridized carbons (Fsp3) is 0. The molecule has 8 aromatic carbocycles. The summed E-state index contributed by atoms with van der Waals surface area (Å²) in [5.41, 5.74) is 7.44. The van der Waals surface area contributed by atoms with Gasteiger partial charge in [-0.1, -0.05) is 127 Å². The van der Waals surface area contributed by atoms with Gasteiger partial charge >= 0.3 is 0 Å². The molecule has 0 aromatic heterocycles. The van der Waals surface area contributed by atoms with E-state index in [0.29, 0.717) is 0 Å². The maximum atomic E-state index is 2.38. The first-order valence-electron chi connectivity index (χ1n) is 13.8. The number of rotatable bonds is 3. The molecular formula is C40H26. The van der Waals surface area contributed by atoms with Gasteiger partial charge in [0.15, 0.2) is 0 Å². The molecule has 0 spiro atoms. The quantitative estimate of drug-likeness (QED) is 0.209. The molecule has 40 heavy (non-hydrogen) atoms. The average molecular weight is 507 g/mol. The number of benzene rings is 8. The van der Waals surface area contributed by atoms with Crippen LogP contribution < -0.4 is 0 Å². The lowest BCUT2D eigenvalue weighted by molar-refractivity contribution is 1.62. The molecule has 8 aromatic rings. The van der Waals surface area contributed by atoms with Crippen LogP contribution in [0.2, 0.25) is 0 Å². The Morgan fingerprint density at radius 3 is 1.45 bits per heavy atom. The molecule has 0 amide bonds. The highest BCUT2D eigenvalue weighted by Crippen LogP contribution is 2.39. The largest absolute Gasteiger partial charge is 0.0616 e. The summed E-state index contributed by atoms with van der Waals surface area (Å²) in [6.45, 7) is 0. The van der Waals surface area contributed by atoms with Gasteiger partial charge in [-0.25, -0.2) is 0 Å². The van der Waals surface area contributed by atoms with Crippen molar-refractivity contribution in [2.45, 2.75) is 0 Å². The third-order valence-electron chi connectivity index (χ3n) is 8.20. The van der Waals surface area contributed by atoms with Gasteiger partial charge in [-0.2, -0.15) is 0 Å². The number of fused-ring (bicyclic) bond motifs is 5. The minimum atomic E-state index is 1.23. The van der Waals surface area contributed by atoms with Crippen LogP contribution in [0, 0.1) is 0 Å². The second-order valence-corrected chi connectivity index (χ2v) is 10.6. The maximum absolute atomic E-state index is 2.38. The summed E-state index contributed by atoms with van der Waals surface area (Å²) in [5, 5.41) is 10.2. The van der Waals surface area contributed by atoms with E-state index in [1.165, 1.54) is 76.5 Å². The van der Waals surface area contributed by atoms with Gasteiger partial charge < -0.3 is 0 Å². The second-order valence-electron chi connectivity index (χ2n) is 10.6. The summed E-state index contributed by atoms with van der Waals surface area (Å²) in [5.74, 6) is 0. The topological polar surface area (TPSA) is 0 Å². The van der Waals surface area contributed by atoms with Crippen molar-refractivity contribution in [1.82, 2.24) is 0 Å². The van der Waals surface area contributed by atoms with Crippen molar-refractivity contribution in [2.24, 2.45) is 0 Å². The van der Waals surface area contributed by atoms with Crippen LogP contribution in [0.3, 0.4) is 0 Å². The summed E-state index contributed by atoms with van der Waals surface area (Å²) in [6, 6.07) is 57.7. The molecule has 0 aliphatic rings. The van der Waals surface area contributed by atoms with Crippen molar-refractivity contribution in [3.05, 3.63) is 158 Å². The van der Waals surface area contributed by atoms with Gasteiger partial charge in [-0.15, -0.1) is 0 Å². The Morgan fingerprint density at radius 2 is 0.750 bits per heavy atom. The van der Waals surface area contributed by atoms with Crippen LogP contribution in [0.5, 0.6) is 0 Å². The van der Waals surface area contributed by atoms with Crippen molar-refractivity contribution < 1.29 is 0 Å². The zero-order chi connectivity index (χ0) is 26.5. The van der Waals surface area contributed by atoms with E-state index >= 15 is 0 Å². The van der Waals surface area contributed by atoms with E-state index in [1.807, 2.05) is 0 Å². The van der Waals surface area contributed by atoms with Gasteiger partial charge in [-0.3, -0.25) is 0 Å². The van der Waals surface area contributed by atoms with E-state index < -0.39 is 0 Å². The molecule has 0 N–H and O–H groups in total. The molecule has 0 bridgehead atoms. The SMILES string of the molecule is c1cc(-c2ccc3ccccc3c2)cc(-c2cc3ccccc3c3ccc(-c4ccc5ccccc5c4)cc23)c1. The summed E-state index contributed by atoms with van der Waals surface area (Å²) < 4.78 is 0. The van der Waals surface area contributed by atoms with Gasteiger partial charge in [0.1, 0.15) is 0 Å². The molecule has 186 valence electrons. The third kappa shape index (κ3) is 3.85. The standard InChI is InChI=1S/C40H26/c1-3-10-29-22-32(18-16-27(29)8-1)31-13-7-14-35(24-31)39-26-36-12-5-6-15-37(36)38-21-20-34(25-40(38)39)33-19-17-28-9-2-4-11-30(28)23-33/h1-26H. The Hall–Kier alpha value is -5.20. The molecule has 0 saturated carbocycles. The normalized spacial score (nSPS) is 11.5. The maximum Gasteiger partial charge on any atom is -0.00928 e. The van der Waals surface area contributed by atoms with Crippen LogP contribution in [-0.4, -0.2) is 0 Å². The lowest BCUT2D eigenvalue weighted by Gasteiger charge is -2.14. The van der Waals surface area contributed by atoms with E-state index in [4.69, 9.17) is 0 Å². The molecular weight excluding hydrogens is 480 g/mol. The second kappa shape index (κ2) is 9.22. The molecule has 0 aliphatic heterocycles. The van der Waals surface area contributed by atoms with Crippen LogP contribution in [-0.2, 0) is 0 Å². The van der Waals surface area contributed by atoms with Gasteiger partial charge in [0.05, 0.1) is 0 Å². The highest BCUT2D eigenvalue weighted by Gasteiger charge is 2.12. The predicted octanol–water partition coefficient (Wildman–Crippen LogP) is 11.3. The first-order chi connectivity index (χ1) is 19.8. The molecule has 0 saturated heterocycles. The van der Waals surface area contributed by atoms with E-state index in [0.717, 1.165) is 0 Å². The zero-order valence-corrected chi connectivity index (χ0v) is 22.0. The molecule has 0 heteroatoms. The molecule has 0 radical (unpaired) electrons. The van der Waals surface area contributed by atoms with Crippen molar-refractivity contribution >= 4 is 43.1 Å². The van der Waals surface area contributed by atoms with Crippen LogP contribution in [0.1, 0.15) is 0 Å². The lowest BCUT2D eigenvalue weighted by Crippen LogP contribution is -1.88. The average Bonchev–Trinajstić information content (AvgIpc) is 3.03. The fourth-order valence-electron chi connectivity index (χ4n) is 6.13. The van der Waals surface area contributed by atoms with Crippen LogP contribution in [0.4, 0.5) is 0 Å². The molecule has 8 rings (SSSR count). The molecule has 0 heterocycles. The van der Waals surface area contributed by atoms with Crippen LogP contribution >= 0.6 is 0 Å². The highest BCUT2D eigenvalue weighted by molar-refractivity contribution is 6.15. The summed E-state index contributed by atoms with van der Waals surface area (Å²) in [7, 11) is 0. The van der Waals surface area contributed by atoms with E-state index in [9.17, 15) is 0 Å². The molecule has 0 fully saturated rings. The monoisotopic (exact) mass is 506 g/mol. The zero-order valence-electron chi connectivity index (χ0n) is 22.0. The first kappa shape index (κ1) is 22.8. The fourth-order valence-corrected chi connectivity index (χ4v) is 6.13. The van der Waals surface area contributed by atoms with E-state index in [2.05, 4.69) is 158 Å². The van der Waals surface area contributed by atoms with Gasteiger partial charge in [-0.05, 0) is 107 Å². The van der Waals surface area contributed by atoms with Crippen molar-refractivity contribution in [3.63, 3.8) is 0 Å². The van der Waals surface area contributed by atoms with E-state index in [1.54, 1.807) is 0 Å². The Bertz CT molecular complexity index is 2220. The number of hydrogen-bond donors (Lipinski definition) is 0. The Kier molecular flexibility index (Phi) is 5.24. The van der Waals surface area contributed by atoms with Crippen molar-refractivity contribution in [2.75, 3.05) is 0 Å². The first-order valence-corrected chi connectivity index (χ1v) is 13.8. The lowest BCUT2D eigenvalue weighted by atomic mass is 9.89. The smallest absolute Gasteiger partial charge is 0.00928 e. The van der Waals surface area contributed by atoms with Crippen LogP contribution in [0.15, 0.2) is 158 Å². The summed E-state index contributed by atoms with van der Waals surface area (Å²) in [4.78, 5) is 0. The van der Waals surface area contributed by atoms with Crippen molar-refractivity contribution in [1.29, 1.82) is 0 Å². The number of hydrogen-bond acceptors (Lipinski definition) is 0. The highest BCUT2D eigenvalue weighted by atomic mass is 14.2. The van der Waals surface area contributed by atoms with Crippen molar-refractivity contribution in [3.8, 4) is 33.4 Å².